The largest absolute Gasteiger partial charge is 0.496 e. The van der Waals surface area contributed by atoms with Crippen molar-refractivity contribution in [3.8, 4) is 11.6 Å². The van der Waals surface area contributed by atoms with Crippen molar-refractivity contribution < 1.29 is 17.9 Å². The van der Waals surface area contributed by atoms with Crippen molar-refractivity contribution in [1.29, 1.82) is 0 Å². The van der Waals surface area contributed by atoms with E-state index in [4.69, 9.17) is 21.1 Å². The van der Waals surface area contributed by atoms with Gasteiger partial charge in [0.15, 0.2) is 0 Å². The molecule has 0 bridgehead atoms. The molecule has 128 valence electrons. The fourth-order valence-electron chi connectivity index (χ4n) is 2.43. The van der Waals surface area contributed by atoms with Crippen LogP contribution in [-0.4, -0.2) is 44.0 Å². The zero-order chi connectivity index (χ0) is 17.3. The Balaban J connectivity index is 1.65. The Morgan fingerprint density at radius 3 is 2.58 bits per heavy atom. The number of aromatic nitrogens is 1. The van der Waals surface area contributed by atoms with Gasteiger partial charge in [0.25, 0.3) is 0 Å². The highest BCUT2D eigenvalue weighted by Crippen LogP contribution is 2.27. The molecule has 1 aliphatic rings. The Hall–Kier alpha value is -1.83. The maximum Gasteiger partial charge on any atom is 0.243 e. The standard InChI is InChI=1S/C16H17ClN2O4S/c1-11-7-14(4-5-15(11)22-2)24(20,21)19-9-13(10-19)23-16-6-3-12(17)8-18-16/h3-8,13H,9-10H2,1-2H3. The van der Waals surface area contributed by atoms with Gasteiger partial charge in [-0.15, -0.1) is 0 Å². The van der Waals surface area contributed by atoms with Gasteiger partial charge in [-0.25, -0.2) is 13.4 Å². The minimum absolute atomic E-state index is 0.215. The van der Waals surface area contributed by atoms with E-state index in [1.165, 1.54) is 10.5 Å². The molecule has 0 N–H and O–H groups in total. The van der Waals surface area contributed by atoms with Crippen LogP contribution in [0.5, 0.6) is 11.6 Å². The van der Waals surface area contributed by atoms with Gasteiger partial charge in [0.2, 0.25) is 15.9 Å². The topological polar surface area (TPSA) is 68.7 Å². The highest BCUT2D eigenvalue weighted by molar-refractivity contribution is 7.89. The summed E-state index contributed by atoms with van der Waals surface area (Å²) in [6, 6.07) is 8.16. The summed E-state index contributed by atoms with van der Waals surface area (Å²) in [5.41, 5.74) is 0.775. The molecule has 24 heavy (non-hydrogen) atoms. The number of pyridine rings is 1. The number of nitrogens with zero attached hydrogens (tertiary/aromatic N) is 2. The van der Waals surface area contributed by atoms with Gasteiger partial charge in [-0.1, -0.05) is 11.6 Å². The van der Waals surface area contributed by atoms with Gasteiger partial charge in [0.1, 0.15) is 11.9 Å². The summed E-state index contributed by atoms with van der Waals surface area (Å²) in [6.07, 6.45) is 1.28. The molecule has 2 heterocycles. The van der Waals surface area contributed by atoms with E-state index >= 15 is 0 Å². The highest BCUT2D eigenvalue weighted by atomic mass is 35.5. The molecule has 1 fully saturated rings. The monoisotopic (exact) mass is 368 g/mol. The van der Waals surface area contributed by atoms with Crippen LogP contribution in [0.25, 0.3) is 0 Å². The van der Waals surface area contributed by atoms with Crippen molar-refractivity contribution in [2.24, 2.45) is 0 Å². The summed E-state index contributed by atoms with van der Waals surface area (Å²) in [4.78, 5) is 4.29. The normalized spacial score (nSPS) is 15.8. The second-order valence-electron chi connectivity index (χ2n) is 5.51. The van der Waals surface area contributed by atoms with Gasteiger partial charge < -0.3 is 9.47 Å². The smallest absolute Gasteiger partial charge is 0.243 e. The quantitative estimate of drug-likeness (QED) is 0.811. The van der Waals surface area contributed by atoms with Crippen molar-refractivity contribution >= 4 is 21.6 Å². The van der Waals surface area contributed by atoms with E-state index in [1.807, 2.05) is 6.92 Å². The van der Waals surface area contributed by atoms with Crippen LogP contribution in [0.4, 0.5) is 0 Å². The fourth-order valence-corrected chi connectivity index (χ4v) is 4.14. The van der Waals surface area contributed by atoms with Crippen molar-refractivity contribution in [1.82, 2.24) is 9.29 Å². The lowest BCUT2D eigenvalue weighted by atomic mass is 10.2. The Bertz CT molecular complexity index is 834. The van der Waals surface area contributed by atoms with Gasteiger partial charge >= 0.3 is 0 Å². The van der Waals surface area contributed by atoms with E-state index < -0.39 is 10.0 Å². The molecule has 0 aliphatic carbocycles. The van der Waals surface area contributed by atoms with E-state index in [1.54, 1.807) is 37.4 Å². The second-order valence-corrected chi connectivity index (χ2v) is 7.88. The first-order chi connectivity index (χ1) is 11.4. The minimum atomic E-state index is -3.53. The zero-order valence-corrected chi connectivity index (χ0v) is 14.8. The molecule has 0 saturated carbocycles. The summed E-state index contributed by atoms with van der Waals surface area (Å²) in [5, 5.41) is 0.523. The summed E-state index contributed by atoms with van der Waals surface area (Å²) in [7, 11) is -1.97. The van der Waals surface area contributed by atoms with Gasteiger partial charge in [-0.3, -0.25) is 0 Å². The van der Waals surface area contributed by atoms with Gasteiger partial charge in [0, 0.05) is 12.3 Å². The first-order valence-electron chi connectivity index (χ1n) is 7.33. The van der Waals surface area contributed by atoms with E-state index in [2.05, 4.69) is 4.98 Å². The maximum absolute atomic E-state index is 12.6. The number of halogens is 1. The molecule has 0 spiro atoms. The van der Waals surface area contributed by atoms with Crippen LogP contribution in [0.1, 0.15) is 5.56 Å². The van der Waals surface area contributed by atoms with Crippen molar-refractivity contribution in [3.63, 3.8) is 0 Å². The fraction of sp³-hybridized carbons (Fsp3) is 0.312. The summed E-state index contributed by atoms with van der Waals surface area (Å²) >= 11 is 5.77. The molecule has 1 aromatic carbocycles. The van der Waals surface area contributed by atoms with Crippen LogP contribution in [0.15, 0.2) is 41.4 Å². The predicted octanol–water partition coefficient (Wildman–Crippen LogP) is 2.50. The molecule has 1 aromatic heterocycles. The molecule has 0 unspecified atom stereocenters. The molecule has 3 rings (SSSR count). The number of hydrogen-bond acceptors (Lipinski definition) is 5. The third-order valence-corrected chi connectivity index (χ3v) is 5.86. The third-order valence-electron chi connectivity index (χ3n) is 3.81. The zero-order valence-electron chi connectivity index (χ0n) is 13.3. The average Bonchev–Trinajstić information content (AvgIpc) is 2.52. The first-order valence-corrected chi connectivity index (χ1v) is 9.15. The molecule has 0 amide bonds. The minimum Gasteiger partial charge on any atom is -0.496 e. The van der Waals surface area contributed by atoms with Crippen molar-refractivity contribution in [2.75, 3.05) is 20.2 Å². The molecule has 8 heteroatoms. The molecular weight excluding hydrogens is 352 g/mol. The Labute approximate surface area is 146 Å². The van der Waals surface area contributed by atoms with Crippen LogP contribution < -0.4 is 9.47 Å². The lowest BCUT2D eigenvalue weighted by molar-refractivity contribution is 0.0721. The number of hydrogen-bond donors (Lipinski definition) is 0. The highest BCUT2D eigenvalue weighted by Gasteiger charge is 2.38. The maximum atomic E-state index is 12.6. The lowest BCUT2D eigenvalue weighted by Gasteiger charge is -2.37. The number of aryl methyl sites for hydroxylation is 1. The summed E-state index contributed by atoms with van der Waals surface area (Å²) in [5.74, 6) is 1.09. The number of ether oxygens (including phenoxy) is 2. The Morgan fingerprint density at radius 1 is 1.25 bits per heavy atom. The van der Waals surface area contributed by atoms with Crippen LogP contribution in [0.3, 0.4) is 0 Å². The van der Waals surface area contributed by atoms with Gasteiger partial charge in [0.05, 0.1) is 30.1 Å². The molecule has 1 aliphatic heterocycles. The summed E-state index contributed by atoms with van der Waals surface area (Å²) < 4.78 is 37.4. The van der Waals surface area contributed by atoms with Gasteiger partial charge in [-0.05, 0) is 36.8 Å². The molecule has 1 saturated heterocycles. The second kappa shape index (κ2) is 6.58. The van der Waals surface area contributed by atoms with Gasteiger partial charge in [-0.2, -0.15) is 4.31 Å². The average molecular weight is 369 g/mol. The lowest BCUT2D eigenvalue weighted by Crippen LogP contribution is -2.56. The van der Waals surface area contributed by atoms with E-state index in [-0.39, 0.29) is 24.1 Å². The Morgan fingerprint density at radius 2 is 2.00 bits per heavy atom. The van der Waals surface area contributed by atoms with Crippen LogP contribution >= 0.6 is 11.6 Å². The van der Waals surface area contributed by atoms with E-state index in [9.17, 15) is 8.42 Å². The van der Waals surface area contributed by atoms with Crippen molar-refractivity contribution in [2.45, 2.75) is 17.9 Å². The van der Waals surface area contributed by atoms with E-state index in [0.29, 0.717) is 16.7 Å². The van der Waals surface area contributed by atoms with Crippen molar-refractivity contribution in [3.05, 3.63) is 47.1 Å². The first kappa shape index (κ1) is 17.0. The van der Waals surface area contributed by atoms with Crippen LogP contribution in [-0.2, 0) is 10.0 Å². The summed E-state index contributed by atoms with van der Waals surface area (Å²) in [6.45, 7) is 2.39. The molecule has 0 atom stereocenters. The Kier molecular flexibility index (Phi) is 4.67. The molecule has 2 aromatic rings. The molecular formula is C16H17ClN2O4S. The van der Waals surface area contributed by atoms with Crippen LogP contribution in [0.2, 0.25) is 5.02 Å². The number of sulfonamides is 1. The number of methoxy groups -OCH3 is 1. The number of benzene rings is 1. The van der Waals surface area contributed by atoms with E-state index in [0.717, 1.165) is 5.56 Å². The molecule has 0 radical (unpaired) electrons. The third kappa shape index (κ3) is 3.33. The SMILES string of the molecule is COc1ccc(S(=O)(=O)N2CC(Oc3ccc(Cl)cn3)C2)cc1C. The predicted molar refractivity (Wildman–Crippen MR) is 90.2 cm³/mol. The van der Waals surface area contributed by atoms with Crippen LogP contribution in [0, 0.1) is 6.92 Å². The number of rotatable bonds is 5. The molecule has 6 nitrogen and oxygen atoms in total.